The molecule has 1 saturated heterocycles. The predicted molar refractivity (Wildman–Crippen MR) is 139 cm³/mol. The van der Waals surface area contributed by atoms with Gasteiger partial charge >= 0.3 is 0 Å². The number of anilines is 1. The molecule has 1 unspecified atom stereocenters. The number of aliphatic hydroxyl groups is 1. The lowest BCUT2D eigenvalue weighted by atomic mass is 9.94. The van der Waals surface area contributed by atoms with Crippen LogP contribution in [0.2, 0.25) is 0 Å². The Hall–Kier alpha value is -3.86. The first-order chi connectivity index (χ1) is 16.7. The normalized spacial score (nSPS) is 17.3. The number of carbonyl (C=O) groups is 2. The lowest BCUT2D eigenvalue weighted by Crippen LogP contribution is -2.29. The minimum absolute atomic E-state index is 0.0793. The van der Waals surface area contributed by atoms with Crippen LogP contribution in [0.25, 0.3) is 5.76 Å². The van der Waals surface area contributed by atoms with Gasteiger partial charge in [-0.15, -0.1) is 0 Å². The number of aryl methyl sites for hydroxylation is 3. The second-order valence-electron chi connectivity index (χ2n) is 9.58. The minimum Gasteiger partial charge on any atom is -0.507 e. The fourth-order valence-corrected chi connectivity index (χ4v) is 4.25. The number of benzene rings is 3. The van der Waals surface area contributed by atoms with Crippen molar-refractivity contribution in [2.45, 2.75) is 40.7 Å². The quantitative estimate of drug-likeness (QED) is 0.262. The molecule has 1 aliphatic rings. The third-order valence-corrected chi connectivity index (χ3v) is 6.28. The molecule has 3 aromatic rings. The zero-order valence-corrected chi connectivity index (χ0v) is 20.8. The summed E-state index contributed by atoms with van der Waals surface area (Å²) in [7, 11) is 0. The summed E-state index contributed by atoms with van der Waals surface area (Å²) >= 11 is 0. The number of rotatable bonds is 6. The summed E-state index contributed by atoms with van der Waals surface area (Å²) in [6, 6.07) is 19.6. The Morgan fingerprint density at radius 1 is 0.943 bits per heavy atom. The molecule has 5 nitrogen and oxygen atoms in total. The average Bonchev–Trinajstić information content (AvgIpc) is 3.09. The summed E-state index contributed by atoms with van der Waals surface area (Å²) in [4.78, 5) is 28.1. The molecule has 0 aliphatic carbocycles. The smallest absolute Gasteiger partial charge is 0.300 e. The van der Waals surface area contributed by atoms with Crippen molar-refractivity contribution in [2.75, 3.05) is 11.5 Å². The van der Waals surface area contributed by atoms with Crippen LogP contribution in [-0.4, -0.2) is 23.4 Å². The van der Waals surface area contributed by atoms with Crippen molar-refractivity contribution in [3.63, 3.8) is 0 Å². The second kappa shape index (κ2) is 9.79. The van der Waals surface area contributed by atoms with E-state index in [2.05, 4.69) is 13.8 Å². The lowest BCUT2D eigenvalue weighted by Gasteiger charge is -2.26. The van der Waals surface area contributed by atoms with Crippen molar-refractivity contribution in [3.05, 3.63) is 100 Å². The van der Waals surface area contributed by atoms with E-state index < -0.39 is 17.7 Å². The summed E-state index contributed by atoms with van der Waals surface area (Å²) in [5.74, 6) is -0.435. The average molecular weight is 470 g/mol. The van der Waals surface area contributed by atoms with Crippen molar-refractivity contribution in [1.29, 1.82) is 0 Å². The molecule has 180 valence electrons. The Labute approximate surface area is 206 Å². The van der Waals surface area contributed by atoms with E-state index in [0.29, 0.717) is 35.1 Å². The molecule has 5 heteroatoms. The van der Waals surface area contributed by atoms with E-state index in [0.717, 1.165) is 16.7 Å². The third-order valence-electron chi connectivity index (χ3n) is 6.28. The molecule has 4 rings (SSSR count). The summed E-state index contributed by atoms with van der Waals surface area (Å²) in [6.45, 7) is 10.6. The molecule has 0 spiro atoms. The highest BCUT2D eigenvalue weighted by atomic mass is 16.5. The van der Waals surface area contributed by atoms with Crippen LogP contribution < -0.4 is 9.64 Å². The summed E-state index contributed by atoms with van der Waals surface area (Å²) in [5, 5.41) is 11.3. The molecule has 35 heavy (non-hydrogen) atoms. The fraction of sp³-hybridized carbons (Fsp3) is 0.267. The molecule has 0 saturated carbocycles. The van der Waals surface area contributed by atoms with E-state index in [-0.39, 0.29) is 11.3 Å². The Balaban J connectivity index is 1.86. The first-order valence-corrected chi connectivity index (χ1v) is 11.9. The molecule has 1 atom stereocenters. The van der Waals surface area contributed by atoms with Gasteiger partial charge in [0.2, 0.25) is 0 Å². The van der Waals surface area contributed by atoms with Gasteiger partial charge in [0.25, 0.3) is 11.7 Å². The number of carbonyl (C=O) groups excluding carboxylic acids is 2. The van der Waals surface area contributed by atoms with E-state index in [9.17, 15) is 14.7 Å². The third kappa shape index (κ3) is 4.85. The van der Waals surface area contributed by atoms with Crippen molar-refractivity contribution < 1.29 is 19.4 Å². The first kappa shape index (κ1) is 24.3. The molecular weight excluding hydrogens is 438 g/mol. The maximum atomic E-state index is 13.3. The summed E-state index contributed by atoms with van der Waals surface area (Å²) < 4.78 is 5.81. The van der Waals surface area contributed by atoms with Gasteiger partial charge in [-0.05, 0) is 79.3 Å². The molecule has 1 fully saturated rings. The van der Waals surface area contributed by atoms with E-state index in [4.69, 9.17) is 4.74 Å². The molecule has 0 aromatic heterocycles. The number of amides is 1. The molecule has 3 aromatic carbocycles. The topological polar surface area (TPSA) is 66.8 Å². The number of ketones is 1. The Kier molecular flexibility index (Phi) is 6.79. The maximum absolute atomic E-state index is 13.3. The van der Waals surface area contributed by atoms with Crippen LogP contribution in [0.3, 0.4) is 0 Å². The number of nitrogens with zero attached hydrogens (tertiary/aromatic N) is 1. The first-order valence-electron chi connectivity index (χ1n) is 11.9. The van der Waals surface area contributed by atoms with Crippen LogP contribution in [0.1, 0.15) is 47.7 Å². The maximum Gasteiger partial charge on any atom is 0.300 e. The largest absolute Gasteiger partial charge is 0.507 e. The van der Waals surface area contributed by atoms with Crippen LogP contribution in [-0.2, 0) is 9.59 Å². The SMILES string of the molecule is Cc1cccc(N2C(=O)C(=O)/C(=C(\O)c3ccc(C)c(C)c3)C2c2ccc(OCC(C)C)cc2)c1. The van der Waals surface area contributed by atoms with Crippen molar-refractivity contribution in [3.8, 4) is 5.75 Å². The van der Waals surface area contributed by atoms with Crippen LogP contribution >= 0.6 is 0 Å². The number of ether oxygens (including phenoxy) is 1. The van der Waals surface area contributed by atoms with Gasteiger partial charge in [0.05, 0.1) is 18.2 Å². The van der Waals surface area contributed by atoms with E-state index in [1.165, 1.54) is 4.90 Å². The number of aliphatic hydroxyl groups excluding tert-OH is 1. The van der Waals surface area contributed by atoms with Gasteiger partial charge in [0, 0.05) is 11.3 Å². The van der Waals surface area contributed by atoms with E-state index >= 15 is 0 Å². The number of hydrogen-bond donors (Lipinski definition) is 1. The zero-order valence-electron chi connectivity index (χ0n) is 20.8. The molecule has 0 radical (unpaired) electrons. The summed E-state index contributed by atoms with van der Waals surface area (Å²) in [6.07, 6.45) is 0. The van der Waals surface area contributed by atoms with E-state index in [1.54, 1.807) is 12.1 Å². The van der Waals surface area contributed by atoms with Gasteiger partial charge in [-0.2, -0.15) is 0 Å². The van der Waals surface area contributed by atoms with Crippen molar-refractivity contribution in [2.24, 2.45) is 5.92 Å². The molecule has 1 heterocycles. The monoisotopic (exact) mass is 469 g/mol. The summed E-state index contributed by atoms with van der Waals surface area (Å²) in [5.41, 5.74) is 4.95. The van der Waals surface area contributed by atoms with Crippen molar-refractivity contribution >= 4 is 23.1 Å². The molecule has 1 amide bonds. The van der Waals surface area contributed by atoms with Gasteiger partial charge in [0.1, 0.15) is 11.5 Å². The number of Topliss-reactive ketones (excluding diaryl/α,β-unsaturated/α-hetero) is 1. The second-order valence-corrected chi connectivity index (χ2v) is 9.58. The predicted octanol–water partition coefficient (Wildman–Crippen LogP) is 6.27. The lowest BCUT2D eigenvalue weighted by molar-refractivity contribution is -0.132. The Morgan fingerprint density at radius 2 is 1.66 bits per heavy atom. The highest BCUT2D eigenvalue weighted by Crippen LogP contribution is 2.42. The molecular formula is C30H31NO4. The standard InChI is InChI=1S/C30H31NO4/c1-18(2)17-35-25-13-11-22(12-14-25)27-26(28(32)23-10-9-20(4)21(5)16-23)29(33)30(34)31(27)24-8-6-7-19(3)15-24/h6-16,18,27,32H,17H2,1-5H3/b28-26-. The van der Waals surface area contributed by atoms with Crippen molar-refractivity contribution in [1.82, 2.24) is 0 Å². The highest BCUT2D eigenvalue weighted by molar-refractivity contribution is 6.51. The van der Waals surface area contributed by atoms with Gasteiger partial charge in [-0.1, -0.05) is 50.2 Å². The minimum atomic E-state index is -0.766. The van der Waals surface area contributed by atoms with Crippen LogP contribution in [0.15, 0.2) is 72.3 Å². The van der Waals surface area contributed by atoms with Gasteiger partial charge in [-0.25, -0.2) is 0 Å². The zero-order chi connectivity index (χ0) is 25.3. The Bertz CT molecular complexity index is 1300. The van der Waals surface area contributed by atoms with Gasteiger partial charge in [0.15, 0.2) is 0 Å². The van der Waals surface area contributed by atoms with Crippen LogP contribution in [0.5, 0.6) is 5.75 Å². The fourth-order valence-electron chi connectivity index (χ4n) is 4.25. The van der Waals surface area contributed by atoms with Crippen LogP contribution in [0.4, 0.5) is 5.69 Å². The highest BCUT2D eigenvalue weighted by Gasteiger charge is 2.47. The molecule has 0 bridgehead atoms. The van der Waals surface area contributed by atoms with Gasteiger partial charge < -0.3 is 9.84 Å². The number of hydrogen-bond acceptors (Lipinski definition) is 4. The van der Waals surface area contributed by atoms with E-state index in [1.807, 2.05) is 75.4 Å². The molecule has 1 N–H and O–H groups in total. The van der Waals surface area contributed by atoms with Crippen LogP contribution in [0, 0.1) is 26.7 Å². The molecule has 1 aliphatic heterocycles. The van der Waals surface area contributed by atoms with Gasteiger partial charge in [-0.3, -0.25) is 14.5 Å². The Morgan fingerprint density at radius 3 is 2.29 bits per heavy atom.